The van der Waals surface area contributed by atoms with Crippen LogP contribution in [0.2, 0.25) is 0 Å². The summed E-state index contributed by atoms with van der Waals surface area (Å²) >= 11 is 0. The van der Waals surface area contributed by atoms with Gasteiger partial charge in [0.25, 0.3) is 0 Å². The Morgan fingerprint density at radius 2 is 1.94 bits per heavy atom. The zero-order valence-electron chi connectivity index (χ0n) is 9.82. The molecule has 0 radical (unpaired) electrons. The standard InChI is InChI=1S/C11H22N2O2S/c14-16(15)9-7-13(8-10-16)6-4-11-3-1-2-5-12-11/h11-12H,1-10H2. The second kappa shape index (κ2) is 5.47. The Hall–Kier alpha value is -0.130. The first-order chi connectivity index (χ1) is 7.66. The van der Waals surface area contributed by atoms with Gasteiger partial charge in [-0.1, -0.05) is 6.42 Å². The number of rotatable bonds is 3. The van der Waals surface area contributed by atoms with Gasteiger partial charge >= 0.3 is 0 Å². The van der Waals surface area contributed by atoms with Crippen LogP contribution >= 0.6 is 0 Å². The van der Waals surface area contributed by atoms with E-state index in [2.05, 4.69) is 10.2 Å². The summed E-state index contributed by atoms with van der Waals surface area (Å²) in [6.07, 6.45) is 5.09. The third-order valence-electron chi connectivity index (χ3n) is 3.64. The predicted molar refractivity (Wildman–Crippen MR) is 65.4 cm³/mol. The summed E-state index contributed by atoms with van der Waals surface area (Å²) < 4.78 is 22.5. The van der Waals surface area contributed by atoms with Crippen molar-refractivity contribution in [2.45, 2.75) is 31.7 Å². The van der Waals surface area contributed by atoms with Gasteiger partial charge in [-0.05, 0) is 32.4 Å². The van der Waals surface area contributed by atoms with Crippen LogP contribution in [0.25, 0.3) is 0 Å². The van der Waals surface area contributed by atoms with Gasteiger partial charge in [-0.25, -0.2) is 8.42 Å². The number of hydrogen-bond acceptors (Lipinski definition) is 4. The van der Waals surface area contributed by atoms with Crippen LogP contribution in [0.1, 0.15) is 25.7 Å². The summed E-state index contributed by atoms with van der Waals surface area (Å²) in [7, 11) is -2.72. The molecule has 2 aliphatic heterocycles. The molecule has 0 saturated carbocycles. The Kier molecular flexibility index (Phi) is 4.21. The van der Waals surface area contributed by atoms with Gasteiger partial charge in [0.1, 0.15) is 0 Å². The number of nitrogens with one attached hydrogen (secondary N) is 1. The largest absolute Gasteiger partial charge is 0.314 e. The van der Waals surface area contributed by atoms with Crippen LogP contribution < -0.4 is 5.32 Å². The van der Waals surface area contributed by atoms with Gasteiger partial charge in [0.15, 0.2) is 9.84 Å². The van der Waals surface area contributed by atoms with Crippen LogP contribution in [0.3, 0.4) is 0 Å². The van der Waals surface area contributed by atoms with Crippen molar-refractivity contribution >= 4 is 9.84 Å². The zero-order chi connectivity index (χ0) is 11.4. The van der Waals surface area contributed by atoms with Crippen LogP contribution in [-0.2, 0) is 9.84 Å². The molecule has 16 heavy (non-hydrogen) atoms. The van der Waals surface area contributed by atoms with Crippen molar-refractivity contribution < 1.29 is 8.42 Å². The van der Waals surface area contributed by atoms with Crippen molar-refractivity contribution in [3.63, 3.8) is 0 Å². The second-order valence-electron chi connectivity index (χ2n) is 4.93. The molecule has 0 bridgehead atoms. The molecular formula is C11H22N2O2S. The van der Waals surface area contributed by atoms with Crippen LogP contribution in [0.4, 0.5) is 0 Å². The molecule has 1 atom stereocenters. The fourth-order valence-electron chi connectivity index (χ4n) is 2.48. The summed E-state index contributed by atoms with van der Waals surface area (Å²) in [5.74, 6) is 0.705. The predicted octanol–water partition coefficient (Wildman–Crippen LogP) is 0.249. The maximum Gasteiger partial charge on any atom is 0.152 e. The third kappa shape index (κ3) is 3.71. The van der Waals surface area contributed by atoms with Crippen molar-refractivity contribution in [3.05, 3.63) is 0 Å². The summed E-state index contributed by atoms with van der Waals surface area (Å²) in [6.45, 7) is 3.66. The first-order valence-corrected chi connectivity index (χ1v) is 8.14. The van der Waals surface area contributed by atoms with E-state index >= 15 is 0 Å². The molecule has 94 valence electrons. The highest BCUT2D eigenvalue weighted by molar-refractivity contribution is 7.91. The van der Waals surface area contributed by atoms with E-state index < -0.39 is 9.84 Å². The van der Waals surface area contributed by atoms with E-state index in [0.29, 0.717) is 17.5 Å². The minimum Gasteiger partial charge on any atom is -0.314 e. The van der Waals surface area contributed by atoms with Crippen LogP contribution in [0.5, 0.6) is 0 Å². The quantitative estimate of drug-likeness (QED) is 0.775. The maximum atomic E-state index is 11.3. The number of piperidine rings is 1. The molecule has 4 nitrogen and oxygen atoms in total. The Bertz CT molecular complexity index is 296. The monoisotopic (exact) mass is 246 g/mol. The van der Waals surface area contributed by atoms with Gasteiger partial charge in [0, 0.05) is 19.1 Å². The highest BCUT2D eigenvalue weighted by Gasteiger charge is 2.22. The fourth-order valence-corrected chi connectivity index (χ4v) is 3.76. The normalized spacial score (nSPS) is 31.4. The van der Waals surface area contributed by atoms with E-state index in [4.69, 9.17) is 0 Å². The van der Waals surface area contributed by atoms with Crippen molar-refractivity contribution in [3.8, 4) is 0 Å². The van der Waals surface area contributed by atoms with Gasteiger partial charge < -0.3 is 10.2 Å². The SMILES string of the molecule is O=S1(=O)CCN(CCC2CCCCN2)CC1. The minimum absolute atomic E-state index is 0.352. The molecule has 0 spiro atoms. The number of nitrogens with zero attached hydrogens (tertiary/aromatic N) is 1. The Morgan fingerprint density at radius 1 is 1.19 bits per heavy atom. The van der Waals surface area contributed by atoms with Crippen molar-refractivity contribution in [2.24, 2.45) is 0 Å². The van der Waals surface area contributed by atoms with Gasteiger partial charge in [-0.3, -0.25) is 0 Å². The Morgan fingerprint density at radius 3 is 2.56 bits per heavy atom. The molecule has 2 rings (SSSR count). The van der Waals surface area contributed by atoms with E-state index in [-0.39, 0.29) is 0 Å². The molecule has 0 aliphatic carbocycles. The van der Waals surface area contributed by atoms with Crippen molar-refractivity contribution in [1.29, 1.82) is 0 Å². The van der Waals surface area contributed by atoms with Crippen LogP contribution in [0.15, 0.2) is 0 Å². The summed E-state index contributed by atoms with van der Waals surface area (Å²) in [5.41, 5.74) is 0. The first-order valence-electron chi connectivity index (χ1n) is 6.32. The lowest BCUT2D eigenvalue weighted by Crippen LogP contribution is -2.43. The molecule has 0 aromatic carbocycles. The van der Waals surface area contributed by atoms with E-state index in [1.165, 1.54) is 25.7 Å². The Balaban J connectivity index is 1.67. The summed E-state index contributed by atoms with van der Waals surface area (Å²) in [6, 6.07) is 0.660. The van der Waals surface area contributed by atoms with Gasteiger partial charge in [-0.15, -0.1) is 0 Å². The molecule has 0 amide bonds. The maximum absolute atomic E-state index is 11.3. The van der Waals surface area contributed by atoms with Gasteiger partial charge in [0.2, 0.25) is 0 Å². The smallest absolute Gasteiger partial charge is 0.152 e. The van der Waals surface area contributed by atoms with Crippen molar-refractivity contribution in [1.82, 2.24) is 10.2 Å². The highest BCUT2D eigenvalue weighted by Crippen LogP contribution is 2.12. The second-order valence-corrected chi connectivity index (χ2v) is 7.23. The Labute approximate surface area is 98.3 Å². The fraction of sp³-hybridized carbons (Fsp3) is 1.00. The van der Waals surface area contributed by atoms with E-state index in [0.717, 1.165) is 26.2 Å². The number of sulfone groups is 1. The third-order valence-corrected chi connectivity index (χ3v) is 5.25. The highest BCUT2D eigenvalue weighted by atomic mass is 32.2. The van der Waals surface area contributed by atoms with E-state index in [1.807, 2.05) is 0 Å². The average Bonchev–Trinajstić information content (AvgIpc) is 2.29. The van der Waals surface area contributed by atoms with Gasteiger partial charge in [0.05, 0.1) is 11.5 Å². The van der Waals surface area contributed by atoms with E-state index in [1.54, 1.807) is 0 Å². The molecule has 2 heterocycles. The molecule has 2 saturated heterocycles. The van der Waals surface area contributed by atoms with Gasteiger partial charge in [-0.2, -0.15) is 0 Å². The molecule has 1 unspecified atom stereocenters. The number of hydrogen-bond donors (Lipinski definition) is 1. The molecular weight excluding hydrogens is 224 g/mol. The first kappa shape index (κ1) is 12.3. The lowest BCUT2D eigenvalue weighted by molar-refractivity contribution is 0.262. The molecule has 2 fully saturated rings. The molecule has 5 heteroatoms. The lowest BCUT2D eigenvalue weighted by atomic mass is 10.0. The molecule has 2 aliphatic rings. The van der Waals surface area contributed by atoms with E-state index in [9.17, 15) is 8.42 Å². The zero-order valence-corrected chi connectivity index (χ0v) is 10.6. The topological polar surface area (TPSA) is 49.4 Å². The van der Waals surface area contributed by atoms with Crippen LogP contribution in [-0.4, -0.2) is 57.0 Å². The molecule has 0 aromatic rings. The minimum atomic E-state index is -2.72. The summed E-state index contributed by atoms with van der Waals surface area (Å²) in [5, 5.41) is 3.53. The van der Waals surface area contributed by atoms with Crippen LogP contribution in [0, 0.1) is 0 Å². The molecule has 1 N–H and O–H groups in total. The lowest BCUT2D eigenvalue weighted by Gasteiger charge is -2.30. The molecule has 0 aromatic heterocycles. The average molecular weight is 246 g/mol. The summed E-state index contributed by atoms with van der Waals surface area (Å²) in [4.78, 5) is 2.29. The van der Waals surface area contributed by atoms with Crippen molar-refractivity contribution in [2.75, 3.05) is 37.7 Å².